The average Bonchev–Trinajstić information content (AvgIpc) is 2.89. The van der Waals surface area contributed by atoms with Gasteiger partial charge in [0.1, 0.15) is 11.5 Å². The maximum atomic E-state index is 9.21. The summed E-state index contributed by atoms with van der Waals surface area (Å²) < 4.78 is 6.94. The van der Waals surface area contributed by atoms with Gasteiger partial charge in [-0.25, -0.2) is 0 Å². The molecule has 21 heavy (non-hydrogen) atoms. The van der Waals surface area contributed by atoms with Crippen LogP contribution in [0.15, 0.2) is 39.2 Å². The molecule has 0 unspecified atom stereocenters. The topological polar surface area (TPSA) is 45.4 Å². The summed E-state index contributed by atoms with van der Waals surface area (Å²) in [5.41, 5.74) is 1.94. The number of aliphatic hydroxyl groups is 1. The fraction of sp³-hybridized carbons (Fsp3) is 0.375. The van der Waals surface area contributed by atoms with Crippen LogP contribution in [0, 0.1) is 6.92 Å². The van der Waals surface area contributed by atoms with Crippen molar-refractivity contribution >= 4 is 28.3 Å². The fourth-order valence-corrected chi connectivity index (χ4v) is 2.05. The summed E-state index contributed by atoms with van der Waals surface area (Å²) in [7, 11) is 0. The summed E-state index contributed by atoms with van der Waals surface area (Å²) in [4.78, 5) is 0. The van der Waals surface area contributed by atoms with E-state index < -0.39 is 0 Å². The van der Waals surface area contributed by atoms with Gasteiger partial charge in [0.05, 0.1) is 13.2 Å². The summed E-state index contributed by atoms with van der Waals surface area (Å²) in [5.74, 6) is 1.72. The largest absolute Gasteiger partial charge is 0.460 e. The van der Waals surface area contributed by atoms with Crippen molar-refractivity contribution in [2.75, 3.05) is 6.61 Å². The number of halogens is 2. The number of hydrogen-bond donors (Lipinski definition) is 2. The molecular formula is C16H21BrClNO2. The molecule has 1 aromatic carbocycles. The van der Waals surface area contributed by atoms with Crippen LogP contribution in [-0.4, -0.2) is 17.3 Å². The molecule has 0 aliphatic rings. The minimum atomic E-state index is -0.304. The molecule has 2 rings (SSSR count). The lowest BCUT2D eigenvalue weighted by Gasteiger charge is -2.22. The molecule has 2 N–H and O–H groups in total. The first kappa shape index (κ1) is 18.2. The van der Waals surface area contributed by atoms with Crippen molar-refractivity contribution in [1.82, 2.24) is 5.32 Å². The Labute approximate surface area is 140 Å². The molecule has 0 bridgehead atoms. The molecule has 0 spiro atoms. The van der Waals surface area contributed by atoms with E-state index in [1.54, 1.807) is 0 Å². The van der Waals surface area contributed by atoms with Crippen LogP contribution >= 0.6 is 28.3 Å². The fourth-order valence-electron chi connectivity index (χ4n) is 1.81. The molecule has 0 radical (unpaired) electrons. The highest BCUT2D eigenvalue weighted by molar-refractivity contribution is 9.10. The van der Waals surface area contributed by atoms with Gasteiger partial charge >= 0.3 is 0 Å². The normalized spacial score (nSPS) is 11.3. The van der Waals surface area contributed by atoms with E-state index in [0.717, 1.165) is 21.6 Å². The zero-order valence-electron chi connectivity index (χ0n) is 12.4. The Kier molecular flexibility index (Phi) is 6.47. The molecule has 5 heteroatoms. The maximum absolute atomic E-state index is 9.21. The van der Waals surface area contributed by atoms with Gasteiger partial charge < -0.3 is 14.8 Å². The van der Waals surface area contributed by atoms with Gasteiger partial charge in [-0.3, -0.25) is 0 Å². The van der Waals surface area contributed by atoms with Crippen molar-refractivity contribution in [3.8, 4) is 11.3 Å². The number of aryl methyl sites for hydroxylation is 1. The maximum Gasteiger partial charge on any atom is 0.134 e. The van der Waals surface area contributed by atoms with Gasteiger partial charge in [-0.05, 0) is 50.6 Å². The first-order valence-electron chi connectivity index (χ1n) is 6.62. The summed E-state index contributed by atoms with van der Waals surface area (Å²) in [5, 5.41) is 12.5. The number of furan rings is 1. The number of benzene rings is 1. The van der Waals surface area contributed by atoms with E-state index in [1.807, 2.05) is 38.1 Å². The van der Waals surface area contributed by atoms with Gasteiger partial charge in [0, 0.05) is 15.6 Å². The average molecular weight is 375 g/mol. The van der Waals surface area contributed by atoms with E-state index in [4.69, 9.17) is 4.42 Å². The molecule has 2 aromatic rings. The predicted octanol–water partition coefficient (Wildman–Crippen LogP) is 4.30. The van der Waals surface area contributed by atoms with Crippen LogP contribution in [0.3, 0.4) is 0 Å². The standard InChI is InChI=1S/C16H20BrNO2.ClH/c1-11-8-12(4-6-14(11)17)15-7-5-13(20-15)9-18-16(2,3)10-19;/h4-8,18-19H,9-10H2,1-3H3;1H. The van der Waals surface area contributed by atoms with Crippen molar-refractivity contribution < 1.29 is 9.52 Å². The smallest absolute Gasteiger partial charge is 0.134 e. The monoisotopic (exact) mass is 373 g/mol. The minimum absolute atomic E-state index is 0. The minimum Gasteiger partial charge on any atom is -0.460 e. The van der Waals surface area contributed by atoms with Crippen LogP contribution in [0.4, 0.5) is 0 Å². The summed E-state index contributed by atoms with van der Waals surface area (Å²) in [6, 6.07) is 10.1. The Balaban J connectivity index is 0.00000220. The van der Waals surface area contributed by atoms with E-state index in [2.05, 4.69) is 34.2 Å². The molecule has 0 aliphatic carbocycles. The predicted molar refractivity (Wildman–Crippen MR) is 91.8 cm³/mol. The van der Waals surface area contributed by atoms with E-state index >= 15 is 0 Å². The lowest BCUT2D eigenvalue weighted by Crippen LogP contribution is -2.41. The molecule has 0 atom stereocenters. The van der Waals surface area contributed by atoms with Gasteiger partial charge in [-0.15, -0.1) is 12.4 Å². The lowest BCUT2D eigenvalue weighted by molar-refractivity contribution is 0.184. The van der Waals surface area contributed by atoms with Crippen molar-refractivity contribution in [2.24, 2.45) is 0 Å². The Hall–Kier alpha value is -0.810. The lowest BCUT2D eigenvalue weighted by atomic mass is 10.1. The number of aliphatic hydroxyl groups excluding tert-OH is 1. The first-order chi connectivity index (χ1) is 9.41. The molecule has 116 valence electrons. The zero-order chi connectivity index (χ0) is 14.8. The quantitative estimate of drug-likeness (QED) is 0.820. The van der Waals surface area contributed by atoms with Crippen LogP contribution in [0.25, 0.3) is 11.3 Å². The van der Waals surface area contributed by atoms with Crippen molar-refractivity contribution in [1.29, 1.82) is 0 Å². The molecule has 1 aromatic heterocycles. The third-order valence-corrected chi connectivity index (χ3v) is 4.13. The second-order valence-electron chi connectivity index (χ2n) is 5.63. The number of rotatable bonds is 5. The molecule has 0 fully saturated rings. The molecule has 0 amide bonds. The molecule has 0 aliphatic heterocycles. The number of nitrogens with one attached hydrogen (secondary N) is 1. The van der Waals surface area contributed by atoms with E-state index in [9.17, 15) is 5.11 Å². The summed E-state index contributed by atoms with van der Waals surface area (Å²) >= 11 is 3.50. The van der Waals surface area contributed by atoms with Gasteiger partial charge in [0.25, 0.3) is 0 Å². The third-order valence-electron chi connectivity index (χ3n) is 3.24. The molecule has 3 nitrogen and oxygen atoms in total. The van der Waals surface area contributed by atoms with Crippen LogP contribution < -0.4 is 5.32 Å². The molecule has 1 heterocycles. The van der Waals surface area contributed by atoms with Crippen molar-refractivity contribution in [2.45, 2.75) is 32.9 Å². The summed E-state index contributed by atoms with van der Waals surface area (Å²) in [6.07, 6.45) is 0. The molecule has 0 saturated heterocycles. The molecular weight excluding hydrogens is 354 g/mol. The third kappa shape index (κ3) is 4.85. The van der Waals surface area contributed by atoms with Crippen molar-refractivity contribution in [3.05, 3.63) is 46.1 Å². The van der Waals surface area contributed by atoms with Crippen LogP contribution in [-0.2, 0) is 6.54 Å². The van der Waals surface area contributed by atoms with E-state index in [-0.39, 0.29) is 24.6 Å². The Morgan fingerprint density at radius 2 is 1.95 bits per heavy atom. The summed E-state index contributed by atoms with van der Waals surface area (Å²) in [6.45, 7) is 6.65. The second-order valence-corrected chi connectivity index (χ2v) is 6.48. The van der Waals surface area contributed by atoms with E-state index in [0.29, 0.717) is 6.54 Å². The van der Waals surface area contributed by atoms with Gasteiger partial charge in [-0.1, -0.05) is 22.0 Å². The Morgan fingerprint density at radius 3 is 2.57 bits per heavy atom. The van der Waals surface area contributed by atoms with Gasteiger partial charge in [0.2, 0.25) is 0 Å². The highest BCUT2D eigenvalue weighted by Crippen LogP contribution is 2.26. The van der Waals surface area contributed by atoms with Crippen molar-refractivity contribution in [3.63, 3.8) is 0 Å². The van der Waals surface area contributed by atoms with Crippen LogP contribution in [0.5, 0.6) is 0 Å². The van der Waals surface area contributed by atoms with Gasteiger partial charge in [-0.2, -0.15) is 0 Å². The van der Waals surface area contributed by atoms with Crippen LogP contribution in [0.1, 0.15) is 25.2 Å². The highest BCUT2D eigenvalue weighted by Gasteiger charge is 2.16. The SMILES string of the molecule is Cc1cc(-c2ccc(CNC(C)(C)CO)o2)ccc1Br.Cl. The zero-order valence-corrected chi connectivity index (χ0v) is 14.8. The van der Waals surface area contributed by atoms with Gasteiger partial charge in [0.15, 0.2) is 0 Å². The first-order valence-corrected chi connectivity index (χ1v) is 7.42. The van der Waals surface area contributed by atoms with E-state index in [1.165, 1.54) is 5.56 Å². The number of hydrogen-bond acceptors (Lipinski definition) is 3. The highest BCUT2D eigenvalue weighted by atomic mass is 79.9. The Morgan fingerprint density at radius 1 is 1.24 bits per heavy atom. The molecule has 0 saturated carbocycles. The van der Waals surface area contributed by atoms with Crippen LogP contribution in [0.2, 0.25) is 0 Å². The Bertz CT molecular complexity index is 596. The second kappa shape index (κ2) is 7.45.